The van der Waals surface area contributed by atoms with Crippen LogP contribution in [0.3, 0.4) is 0 Å². The van der Waals surface area contributed by atoms with Gasteiger partial charge in [0.1, 0.15) is 0 Å². The second-order valence-corrected chi connectivity index (χ2v) is 6.72. The number of hydrogen-bond donors (Lipinski definition) is 3. The lowest BCUT2D eigenvalue weighted by molar-refractivity contribution is -0.121. The van der Waals surface area contributed by atoms with Crippen LogP contribution in [0.5, 0.6) is 0 Å². The van der Waals surface area contributed by atoms with Gasteiger partial charge in [0.05, 0.1) is 0 Å². The van der Waals surface area contributed by atoms with Crippen molar-refractivity contribution in [2.75, 3.05) is 26.2 Å². The van der Waals surface area contributed by atoms with Gasteiger partial charge in [0.15, 0.2) is 0 Å². The molecule has 2 aliphatic rings. The van der Waals surface area contributed by atoms with E-state index in [0.717, 1.165) is 38.5 Å². The molecule has 2 rings (SSSR count). The van der Waals surface area contributed by atoms with E-state index >= 15 is 0 Å². The van der Waals surface area contributed by atoms with Gasteiger partial charge in [-0.25, -0.2) is 0 Å². The van der Waals surface area contributed by atoms with Crippen molar-refractivity contribution in [2.45, 2.75) is 70.3 Å². The Bertz CT molecular complexity index is 282. The average molecular weight is 295 g/mol. The number of carbonyl (C=O) groups excluding carboxylic acids is 1. The maximum atomic E-state index is 11.8. The molecule has 0 aromatic carbocycles. The maximum Gasteiger partial charge on any atom is 0.220 e. The van der Waals surface area contributed by atoms with Crippen molar-refractivity contribution >= 4 is 5.91 Å². The summed E-state index contributed by atoms with van der Waals surface area (Å²) in [7, 11) is 0. The van der Waals surface area contributed by atoms with Gasteiger partial charge in [-0.15, -0.1) is 0 Å². The molecule has 122 valence electrons. The van der Waals surface area contributed by atoms with Crippen molar-refractivity contribution in [3.05, 3.63) is 0 Å². The Hall–Kier alpha value is -0.610. The zero-order chi connectivity index (χ0) is 14.8. The lowest BCUT2D eigenvalue weighted by Crippen LogP contribution is -2.37. The van der Waals surface area contributed by atoms with Crippen LogP contribution in [0.15, 0.2) is 0 Å². The van der Waals surface area contributed by atoms with Crippen molar-refractivity contribution in [1.82, 2.24) is 16.0 Å². The van der Waals surface area contributed by atoms with Gasteiger partial charge in [-0.1, -0.05) is 25.7 Å². The number of piperidine rings is 1. The predicted octanol–water partition coefficient (Wildman–Crippen LogP) is 2.19. The van der Waals surface area contributed by atoms with Crippen molar-refractivity contribution in [3.8, 4) is 0 Å². The molecule has 21 heavy (non-hydrogen) atoms. The van der Waals surface area contributed by atoms with Gasteiger partial charge in [0, 0.05) is 25.6 Å². The third kappa shape index (κ3) is 7.28. The first-order valence-corrected chi connectivity index (χ1v) is 9.05. The van der Waals surface area contributed by atoms with E-state index in [9.17, 15) is 4.79 Å². The lowest BCUT2D eigenvalue weighted by Gasteiger charge is -2.22. The first-order chi connectivity index (χ1) is 10.3. The normalized spacial score (nSPS) is 21.9. The SMILES string of the molecule is O=C(CCC1CCNCC1)NCCNC1CCCCCC1. The molecule has 0 aromatic rings. The van der Waals surface area contributed by atoms with Crippen LogP contribution in [0.2, 0.25) is 0 Å². The molecular formula is C17H33N3O. The highest BCUT2D eigenvalue weighted by Crippen LogP contribution is 2.18. The van der Waals surface area contributed by atoms with Gasteiger partial charge in [0.2, 0.25) is 5.91 Å². The fraction of sp³-hybridized carbons (Fsp3) is 0.941. The molecule has 2 fully saturated rings. The Morgan fingerprint density at radius 3 is 2.38 bits per heavy atom. The minimum Gasteiger partial charge on any atom is -0.355 e. The summed E-state index contributed by atoms with van der Waals surface area (Å²) >= 11 is 0. The summed E-state index contributed by atoms with van der Waals surface area (Å²) in [5.41, 5.74) is 0. The molecule has 1 aliphatic heterocycles. The van der Waals surface area contributed by atoms with Gasteiger partial charge in [-0.05, 0) is 51.1 Å². The van der Waals surface area contributed by atoms with Gasteiger partial charge in [-0.2, -0.15) is 0 Å². The number of rotatable bonds is 7. The molecule has 1 heterocycles. The molecule has 0 unspecified atom stereocenters. The molecule has 1 saturated carbocycles. The van der Waals surface area contributed by atoms with Crippen molar-refractivity contribution < 1.29 is 4.79 Å². The van der Waals surface area contributed by atoms with E-state index < -0.39 is 0 Å². The zero-order valence-corrected chi connectivity index (χ0v) is 13.5. The van der Waals surface area contributed by atoms with E-state index in [1.54, 1.807) is 0 Å². The maximum absolute atomic E-state index is 11.8. The largest absolute Gasteiger partial charge is 0.355 e. The molecule has 1 saturated heterocycles. The first-order valence-electron chi connectivity index (χ1n) is 9.05. The van der Waals surface area contributed by atoms with Crippen LogP contribution in [0.25, 0.3) is 0 Å². The topological polar surface area (TPSA) is 53.2 Å². The lowest BCUT2D eigenvalue weighted by atomic mass is 9.93. The summed E-state index contributed by atoms with van der Waals surface area (Å²) in [4.78, 5) is 11.8. The zero-order valence-electron chi connectivity index (χ0n) is 13.5. The van der Waals surface area contributed by atoms with Crippen molar-refractivity contribution in [1.29, 1.82) is 0 Å². The van der Waals surface area contributed by atoms with Gasteiger partial charge in [-0.3, -0.25) is 4.79 Å². The van der Waals surface area contributed by atoms with E-state index in [-0.39, 0.29) is 5.91 Å². The van der Waals surface area contributed by atoms with Crippen LogP contribution in [-0.2, 0) is 4.79 Å². The molecule has 1 aliphatic carbocycles. The number of amides is 1. The quantitative estimate of drug-likeness (QED) is 0.498. The minimum atomic E-state index is 0.233. The summed E-state index contributed by atoms with van der Waals surface area (Å²) in [6, 6.07) is 0.680. The Kier molecular flexibility index (Phi) is 8.12. The first kappa shape index (κ1) is 16.8. The Labute approximate surface area is 129 Å². The second-order valence-electron chi connectivity index (χ2n) is 6.72. The molecule has 0 radical (unpaired) electrons. The van der Waals surface area contributed by atoms with Crippen LogP contribution >= 0.6 is 0 Å². The Morgan fingerprint density at radius 1 is 0.952 bits per heavy atom. The Balaban J connectivity index is 1.46. The summed E-state index contributed by atoms with van der Waals surface area (Å²) in [6.45, 7) is 3.94. The molecule has 1 amide bonds. The third-order valence-electron chi connectivity index (χ3n) is 4.97. The van der Waals surface area contributed by atoms with E-state index in [0.29, 0.717) is 12.5 Å². The number of hydrogen-bond acceptors (Lipinski definition) is 3. The van der Waals surface area contributed by atoms with Crippen LogP contribution < -0.4 is 16.0 Å². The van der Waals surface area contributed by atoms with E-state index in [1.807, 2.05) is 0 Å². The van der Waals surface area contributed by atoms with E-state index in [4.69, 9.17) is 0 Å². The smallest absolute Gasteiger partial charge is 0.220 e. The van der Waals surface area contributed by atoms with Crippen LogP contribution in [0, 0.1) is 5.92 Å². The molecule has 0 spiro atoms. The highest BCUT2D eigenvalue weighted by Gasteiger charge is 2.14. The fourth-order valence-corrected chi connectivity index (χ4v) is 3.56. The molecule has 3 N–H and O–H groups in total. The standard InChI is InChI=1S/C17H33N3O/c21-17(8-7-15-9-11-18-12-10-15)20-14-13-19-16-5-3-1-2-4-6-16/h15-16,18-19H,1-14H2,(H,20,21). The highest BCUT2D eigenvalue weighted by molar-refractivity contribution is 5.75. The summed E-state index contributed by atoms with van der Waals surface area (Å²) < 4.78 is 0. The van der Waals surface area contributed by atoms with Crippen LogP contribution in [-0.4, -0.2) is 38.1 Å². The third-order valence-corrected chi connectivity index (χ3v) is 4.97. The Morgan fingerprint density at radius 2 is 1.67 bits per heavy atom. The molecular weight excluding hydrogens is 262 g/mol. The van der Waals surface area contributed by atoms with Gasteiger partial charge >= 0.3 is 0 Å². The summed E-state index contributed by atoms with van der Waals surface area (Å²) in [5.74, 6) is 0.984. The number of nitrogens with one attached hydrogen (secondary N) is 3. The summed E-state index contributed by atoms with van der Waals surface area (Å²) in [6.07, 6.45) is 12.4. The molecule has 0 aromatic heterocycles. The molecule has 4 nitrogen and oxygen atoms in total. The number of carbonyl (C=O) groups is 1. The van der Waals surface area contributed by atoms with E-state index in [2.05, 4.69) is 16.0 Å². The average Bonchev–Trinajstić information content (AvgIpc) is 2.79. The predicted molar refractivity (Wildman–Crippen MR) is 87.3 cm³/mol. The van der Waals surface area contributed by atoms with E-state index in [1.165, 1.54) is 51.4 Å². The van der Waals surface area contributed by atoms with Crippen LogP contribution in [0.4, 0.5) is 0 Å². The van der Waals surface area contributed by atoms with Crippen molar-refractivity contribution in [2.24, 2.45) is 5.92 Å². The molecule has 4 heteroatoms. The summed E-state index contributed by atoms with van der Waals surface area (Å²) in [5, 5.41) is 10.0. The minimum absolute atomic E-state index is 0.233. The molecule has 0 atom stereocenters. The van der Waals surface area contributed by atoms with Gasteiger partial charge < -0.3 is 16.0 Å². The second kappa shape index (κ2) is 10.2. The molecule has 0 bridgehead atoms. The van der Waals surface area contributed by atoms with Crippen LogP contribution in [0.1, 0.15) is 64.2 Å². The highest BCUT2D eigenvalue weighted by atomic mass is 16.1. The van der Waals surface area contributed by atoms with Gasteiger partial charge in [0.25, 0.3) is 0 Å². The van der Waals surface area contributed by atoms with Crippen molar-refractivity contribution in [3.63, 3.8) is 0 Å². The monoisotopic (exact) mass is 295 g/mol. The fourth-order valence-electron chi connectivity index (χ4n) is 3.56.